The van der Waals surface area contributed by atoms with E-state index in [9.17, 15) is 4.39 Å². The minimum absolute atomic E-state index is 0.155. The quantitative estimate of drug-likeness (QED) is 0.723. The molecule has 1 aromatic carbocycles. The molecule has 0 aliphatic carbocycles. The maximum absolute atomic E-state index is 12.7. The largest absolute Gasteiger partial charge is 0.310 e. The van der Waals surface area contributed by atoms with E-state index >= 15 is 0 Å². The van der Waals surface area contributed by atoms with Crippen molar-refractivity contribution >= 4 is 0 Å². The molecule has 0 amide bonds. The lowest BCUT2D eigenvalue weighted by Gasteiger charge is -2.28. The van der Waals surface area contributed by atoms with Gasteiger partial charge in [-0.1, -0.05) is 19.1 Å². The van der Waals surface area contributed by atoms with E-state index in [0.29, 0.717) is 6.04 Å². The predicted octanol–water partition coefficient (Wildman–Crippen LogP) is 2.89. The number of rotatable bonds is 1. The van der Waals surface area contributed by atoms with Gasteiger partial charge in [0.2, 0.25) is 0 Å². The number of hydrogen-bond donors (Lipinski definition) is 1. The van der Waals surface area contributed by atoms with E-state index < -0.39 is 0 Å². The molecule has 1 aliphatic heterocycles. The van der Waals surface area contributed by atoms with E-state index in [0.717, 1.165) is 18.9 Å². The van der Waals surface area contributed by atoms with Gasteiger partial charge in [-0.05, 0) is 43.0 Å². The van der Waals surface area contributed by atoms with Crippen molar-refractivity contribution in [2.45, 2.75) is 25.8 Å². The van der Waals surface area contributed by atoms with Crippen molar-refractivity contribution < 1.29 is 4.39 Å². The van der Waals surface area contributed by atoms with Crippen molar-refractivity contribution in [3.8, 4) is 0 Å². The molecule has 1 N–H and O–H groups in total. The maximum Gasteiger partial charge on any atom is 0.123 e. The van der Waals surface area contributed by atoms with Crippen LogP contribution in [-0.2, 0) is 0 Å². The normalized spacial score (nSPS) is 27.6. The molecular weight excluding hydrogens is 177 g/mol. The van der Waals surface area contributed by atoms with Crippen molar-refractivity contribution in [2.24, 2.45) is 5.92 Å². The topological polar surface area (TPSA) is 12.0 Å². The van der Waals surface area contributed by atoms with Gasteiger partial charge in [0.05, 0.1) is 0 Å². The lowest BCUT2D eigenvalue weighted by molar-refractivity contribution is 0.333. The third-order valence-electron chi connectivity index (χ3n) is 2.93. The number of hydrogen-bond acceptors (Lipinski definition) is 1. The second kappa shape index (κ2) is 4.09. The minimum atomic E-state index is -0.155. The van der Waals surface area contributed by atoms with Gasteiger partial charge in [0.15, 0.2) is 0 Å². The standard InChI is InChI=1S/C12H16FN/c1-9-2-7-12(14-8-9)10-3-5-11(13)6-4-10/h3-6,9,12,14H,2,7-8H2,1H3/t9-,12+/m1/s1. The highest BCUT2D eigenvalue weighted by atomic mass is 19.1. The molecule has 0 saturated carbocycles. The highest BCUT2D eigenvalue weighted by Gasteiger charge is 2.18. The number of piperidine rings is 1. The third kappa shape index (κ3) is 2.13. The van der Waals surface area contributed by atoms with Crippen molar-refractivity contribution in [1.82, 2.24) is 5.32 Å². The van der Waals surface area contributed by atoms with E-state index in [2.05, 4.69) is 12.2 Å². The monoisotopic (exact) mass is 193 g/mol. The van der Waals surface area contributed by atoms with E-state index in [-0.39, 0.29) is 5.82 Å². The van der Waals surface area contributed by atoms with Crippen LogP contribution in [0.1, 0.15) is 31.4 Å². The maximum atomic E-state index is 12.7. The fourth-order valence-corrected chi connectivity index (χ4v) is 1.98. The van der Waals surface area contributed by atoms with Gasteiger partial charge in [-0.2, -0.15) is 0 Å². The Hall–Kier alpha value is -0.890. The molecule has 0 radical (unpaired) electrons. The Balaban J connectivity index is 2.05. The van der Waals surface area contributed by atoms with Crippen LogP contribution < -0.4 is 5.32 Å². The first kappa shape index (κ1) is 9.66. The van der Waals surface area contributed by atoms with Crippen LogP contribution in [0.4, 0.5) is 4.39 Å². The molecule has 1 saturated heterocycles. The van der Waals surface area contributed by atoms with Crippen LogP contribution in [-0.4, -0.2) is 6.54 Å². The summed E-state index contributed by atoms with van der Waals surface area (Å²) in [5, 5.41) is 3.48. The first-order valence-electron chi connectivity index (χ1n) is 5.24. The molecule has 0 unspecified atom stereocenters. The van der Waals surface area contributed by atoms with Crippen LogP contribution in [0.2, 0.25) is 0 Å². The summed E-state index contributed by atoms with van der Waals surface area (Å²) in [6.07, 6.45) is 2.42. The Labute approximate surface area is 84.3 Å². The third-order valence-corrected chi connectivity index (χ3v) is 2.93. The van der Waals surface area contributed by atoms with Crippen LogP contribution in [0.5, 0.6) is 0 Å². The highest BCUT2D eigenvalue weighted by molar-refractivity contribution is 5.20. The average molecular weight is 193 g/mol. The van der Waals surface area contributed by atoms with E-state index in [1.807, 2.05) is 12.1 Å². The molecule has 1 heterocycles. The molecule has 2 rings (SSSR count). The van der Waals surface area contributed by atoms with Gasteiger partial charge in [-0.3, -0.25) is 0 Å². The summed E-state index contributed by atoms with van der Waals surface area (Å²) in [5.41, 5.74) is 1.21. The Kier molecular flexibility index (Phi) is 2.82. The van der Waals surface area contributed by atoms with Crippen LogP contribution in [0.3, 0.4) is 0 Å². The van der Waals surface area contributed by atoms with E-state index in [4.69, 9.17) is 0 Å². The van der Waals surface area contributed by atoms with Crippen molar-refractivity contribution in [3.05, 3.63) is 35.6 Å². The Bertz CT molecular complexity index is 286. The first-order chi connectivity index (χ1) is 6.75. The van der Waals surface area contributed by atoms with Gasteiger partial charge in [0, 0.05) is 6.04 Å². The summed E-state index contributed by atoms with van der Waals surface area (Å²) in [6.45, 7) is 3.33. The number of benzene rings is 1. The molecule has 76 valence electrons. The van der Waals surface area contributed by atoms with Gasteiger partial charge in [-0.25, -0.2) is 4.39 Å². The molecule has 0 aromatic heterocycles. The number of halogens is 1. The molecular formula is C12H16FN. The zero-order valence-corrected chi connectivity index (χ0v) is 8.46. The highest BCUT2D eigenvalue weighted by Crippen LogP contribution is 2.25. The zero-order valence-electron chi connectivity index (χ0n) is 8.46. The summed E-state index contributed by atoms with van der Waals surface area (Å²) in [6, 6.07) is 7.25. The fourth-order valence-electron chi connectivity index (χ4n) is 1.98. The van der Waals surface area contributed by atoms with E-state index in [1.165, 1.54) is 24.1 Å². The minimum Gasteiger partial charge on any atom is -0.310 e. The summed E-state index contributed by atoms with van der Waals surface area (Å²) in [4.78, 5) is 0. The predicted molar refractivity (Wildman–Crippen MR) is 55.5 cm³/mol. The second-order valence-electron chi connectivity index (χ2n) is 4.19. The SMILES string of the molecule is C[C@@H]1CC[C@@H](c2ccc(F)cc2)NC1. The fraction of sp³-hybridized carbons (Fsp3) is 0.500. The van der Waals surface area contributed by atoms with Gasteiger partial charge in [0.25, 0.3) is 0 Å². The average Bonchev–Trinajstić information content (AvgIpc) is 2.21. The number of nitrogens with one attached hydrogen (secondary N) is 1. The van der Waals surface area contributed by atoms with Crippen LogP contribution >= 0.6 is 0 Å². The van der Waals surface area contributed by atoms with Gasteiger partial charge >= 0.3 is 0 Å². The molecule has 0 spiro atoms. The van der Waals surface area contributed by atoms with Crippen LogP contribution in [0.25, 0.3) is 0 Å². The lowest BCUT2D eigenvalue weighted by Crippen LogP contribution is -2.31. The Morgan fingerprint density at radius 2 is 1.93 bits per heavy atom. The second-order valence-corrected chi connectivity index (χ2v) is 4.19. The lowest BCUT2D eigenvalue weighted by atomic mass is 9.92. The summed E-state index contributed by atoms with van der Waals surface area (Å²) in [5.74, 6) is 0.615. The zero-order chi connectivity index (χ0) is 9.97. The van der Waals surface area contributed by atoms with Crippen molar-refractivity contribution in [3.63, 3.8) is 0 Å². The van der Waals surface area contributed by atoms with Gasteiger partial charge in [0.1, 0.15) is 5.82 Å². The van der Waals surface area contributed by atoms with E-state index in [1.54, 1.807) is 0 Å². The Morgan fingerprint density at radius 3 is 2.50 bits per heavy atom. The first-order valence-corrected chi connectivity index (χ1v) is 5.24. The molecule has 0 bridgehead atoms. The molecule has 1 nitrogen and oxygen atoms in total. The summed E-state index contributed by atoms with van der Waals surface area (Å²) >= 11 is 0. The van der Waals surface area contributed by atoms with Crippen molar-refractivity contribution in [2.75, 3.05) is 6.54 Å². The molecule has 1 fully saturated rings. The summed E-state index contributed by atoms with van der Waals surface area (Å²) in [7, 11) is 0. The summed E-state index contributed by atoms with van der Waals surface area (Å²) < 4.78 is 12.7. The molecule has 1 aromatic rings. The van der Waals surface area contributed by atoms with Crippen molar-refractivity contribution in [1.29, 1.82) is 0 Å². The van der Waals surface area contributed by atoms with Crippen LogP contribution in [0, 0.1) is 11.7 Å². The van der Waals surface area contributed by atoms with Crippen LogP contribution in [0.15, 0.2) is 24.3 Å². The molecule has 14 heavy (non-hydrogen) atoms. The smallest absolute Gasteiger partial charge is 0.123 e. The Morgan fingerprint density at radius 1 is 1.21 bits per heavy atom. The molecule has 2 atom stereocenters. The molecule has 1 aliphatic rings. The van der Waals surface area contributed by atoms with Gasteiger partial charge < -0.3 is 5.32 Å². The van der Waals surface area contributed by atoms with Gasteiger partial charge in [-0.15, -0.1) is 0 Å². The molecule has 2 heteroatoms.